The van der Waals surface area contributed by atoms with Gasteiger partial charge in [0.2, 0.25) is 5.88 Å². The zero-order valence-corrected chi connectivity index (χ0v) is 22.0. The molecule has 208 valence electrons. The van der Waals surface area contributed by atoms with Gasteiger partial charge in [0, 0.05) is 23.2 Å². The van der Waals surface area contributed by atoms with Crippen molar-refractivity contribution in [2.24, 2.45) is 0 Å². The number of halogens is 4. The molecule has 3 aromatic rings. The molecule has 1 aliphatic rings. The van der Waals surface area contributed by atoms with Crippen molar-refractivity contribution in [3.05, 3.63) is 64.8 Å². The summed E-state index contributed by atoms with van der Waals surface area (Å²) >= 11 is 5.83. The Labute approximate surface area is 226 Å². The number of sulfonamides is 1. The molecule has 0 atom stereocenters. The highest BCUT2D eigenvalue weighted by atomic mass is 35.5. The van der Waals surface area contributed by atoms with Crippen LogP contribution in [0.2, 0.25) is 5.02 Å². The zero-order chi connectivity index (χ0) is 28.4. The molecule has 0 fully saturated rings. The monoisotopic (exact) mass is 587 g/mol. The Balaban J connectivity index is 1.63. The standard InChI is InChI=1S/C24H21ClF3N3O7S/c1-35-17-5-3-14(20(11-17)36-2)13-31-7-8-37-22-18(23(31)32)10-16(12-29-22)30-39(33,34)21-9-15(25)4-6-19(21)38-24(26,27)28/h3-6,9-12,30H,7-8,13H2,1-2H3. The summed E-state index contributed by atoms with van der Waals surface area (Å²) in [6, 6.07) is 8.94. The van der Waals surface area contributed by atoms with E-state index in [-0.39, 0.29) is 41.8 Å². The first-order chi connectivity index (χ1) is 18.4. The van der Waals surface area contributed by atoms with E-state index >= 15 is 0 Å². The molecule has 2 aromatic carbocycles. The maximum atomic E-state index is 13.4. The number of carbonyl (C=O) groups is 1. The average Bonchev–Trinajstić information content (AvgIpc) is 3.02. The molecule has 0 spiro atoms. The molecule has 0 saturated heterocycles. The number of nitrogens with one attached hydrogen (secondary N) is 1. The first-order valence-electron chi connectivity index (χ1n) is 11.1. The molecule has 10 nitrogen and oxygen atoms in total. The third-order valence-electron chi connectivity index (χ3n) is 5.50. The number of hydrogen-bond acceptors (Lipinski definition) is 8. The molecule has 1 amide bonds. The first-order valence-corrected chi connectivity index (χ1v) is 13.0. The van der Waals surface area contributed by atoms with E-state index in [1.165, 1.54) is 25.2 Å². The second-order valence-corrected chi connectivity index (χ2v) is 10.2. The minimum atomic E-state index is -5.15. The van der Waals surface area contributed by atoms with Crippen molar-refractivity contribution in [2.45, 2.75) is 17.8 Å². The lowest BCUT2D eigenvalue weighted by Crippen LogP contribution is -2.32. The molecule has 15 heteroatoms. The quantitative estimate of drug-likeness (QED) is 0.410. The number of carbonyl (C=O) groups excluding carboxylic acids is 1. The van der Waals surface area contributed by atoms with Crippen LogP contribution in [0.4, 0.5) is 18.9 Å². The van der Waals surface area contributed by atoms with Gasteiger partial charge < -0.3 is 23.8 Å². The second kappa shape index (κ2) is 11.1. The molecule has 4 rings (SSSR count). The van der Waals surface area contributed by atoms with Gasteiger partial charge in [-0.3, -0.25) is 9.52 Å². The van der Waals surface area contributed by atoms with Gasteiger partial charge in [-0.2, -0.15) is 0 Å². The third kappa shape index (κ3) is 6.57. The molecule has 1 aliphatic heterocycles. The Kier molecular flexibility index (Phi) is 7.97. The number of ether oxygens (including phenoxy) is 4. The SMILES string of the molecule is COc1ccc(CN2CCOc3ncc(NS(=O)(=O)c4cc(Cl)ccc4OC(F)(F)F)cc3C2=O)c(OC)c1. The van der Waals surface area contributed by atoms with Crippen LogP contribution < -0.4 is 23.7 Å². The van der Waals surface area contributed by atoms with Crippen molar-refractivity contribution in [3.8, 4) is 23.1 Å². The lowest BCUT2D eigenvalue weighted by molar-refractivity contribution is -0.275. The highest BCUT2D eigenvalue weighted by Crippen LogP contribution is 2.34. The van der Waals surface area contributed by atoms with E-state index in [1.807, 2.05) is 0 Å². The van der Waals surface area contributed by atoms with Crippen molar-refractivity contribution in [2.75, 3.05) is 32.1 Å². The summed E-state index contributed by atoms with van der Waals surface area (Å²) in [7, 11) is -1.67. The molecular formula is C24H21ClF3N3O7S. The lowest BCUT2D eigenvalue weighted by Gasteiger charge is -2.21. The van der Waals surface area contributed by atoms with Crippen LogP contribution in [0.1, 0.15) is 15.9 Å². The summed E-state index contributed by atoms with van der Waals surface area (Å²) in [5, 5.41) is -0.141. The Morgan fingerprint density at radius 2 is 1.87 bits per heavy atom. The number of hydrogen-bond donors (Lipinski definition) is 1. The summed E-state index contributed by atoms with van der Waals surface area (Å²) in [5.74, 6) is -0.475. The van der Waals surface area contributed by atoms with Crippen molar-refractivity contribution in [1.82, 2.24) is 9.88 Å². The highest BCUT2D eigenvalue weighted by molar-refractivity contribution is 7.92. The van der Waals surface area contributed by atoms with Crippen LogP contribution in [-0.4, -0.2) is 57.9 Å². The van der Waals surface area contributed by atoms with Gasteiger partial charge >= 0.3 is 6.36 Å². The summed E-state index contributed by atoms with van der Waals surface area (Å²) in [6.45, 7) is 0.424. The Morgan fingerprint density at radius 1 is 1.10 bits per heavy atom. The van der Waals surface area contributed by atoms with Crippen molar-refractivity contribution < 1.29 is 45.3 Å². The highest BCUT2D eigenvalue weighted by Gasteiger charge is 2.34. The Morgan fingerprint density at radius 3 is 2.56 bits per heavy atom. The number of methoxy groups -OCH3 is 2. The van der Waals surface area contributed by atoms with Gasteiger partial charge in [0.15, 0.2) is 0 Å². The Bertz CT molecular complexity index is 1500. The van der Waals surface area contributed by atoms with Crippen molar-refractivity contribution in [1.29, 1.82) is 0 Å². The predicted octanol–water partition coefficient (Wildman–Crippen LogP) is 4.49. The van der Waals surface area contributed by atoms with Crippen LogP contribution in [0, 0.1) is 0 Å². The maximum Gasteiger partial charge on any atom is 0.573 e. The number of pyridine rings is 1. The third-order valence-corrected chi connectivity index (χ3v) is 7.13. The second-order valence-electron chi connectivity index (χ2n) is 8.07. The minimum absolute atomic E-state index is 0.0315. The fourth-order valence-electron chi connectivity index (χ4n) is 3.75. The van der Waals surface area contributed by atoms with Gasteiger partial charge in [-0.05, 0) is 36.4 Å². The van der Waals surface area contributed by atoms with E-state index in [0.717, 1.165) is 24.4 Å². The summed E-state index contributed by atoms with van der Waals surface area (Å²) in [4.78, 5) is 18.0. The maximum absolute atomic E-state index is 13.4. The summed E-state index contributed by atoms with van der Waals surface area (Å²) in [5.41, 5.74) is 0.420. The number of benzene rings is 2. The number of fused-ring (bicyclic) bond motifs is 1. The summed E-state index contributed by atoms with van der Waals surface area (Å²) in [6.07, 6.45) is -4.08. The van der Waals surface area contributed by atoms with E-state index in [0.29, 0.717) is 17.1 Å². The van der Waals surface area contributed by atoms with E-state index < -0.39 is 32.9 Å². The molecule has 1 aromatic heterocycles. The number of amides is 1. The number of anilines is 1. The fourth-order valence-corrected chi connectivity index (χ4v) is 5.18. The van der Waals surface area contributed by atoms with Gasteiger partial charge in [0.1, 0.15) is 34.3 Å². The van der Waals surface area contributed by atoms with Crippen LogP contribution in [0.3, 0.4) is 0 Å². The number of aromatic nitrogens is 1. The van der Waals surface area contributed by atoms with E-state index in [1.54, 1.807) is 18.2 Å². The van der Waals surface area contributed by atoms with Gasteiger partial charge in [0.25, 0.3) is 15.9 Å². The lowest BCUT2D eigenvalue weighted by atomic mass is 10.1. The normalized spacial score (nSPS) is 13.7. The average molecular weight is 588 g/mol. The van der Waals surface area contributed by atoms with Gasteiger partial charge in [-0.25, -0.2) is 13.4 Å². The topological polar surface area (TPSA) is 116 Å². The predicted molar refractivity (Wildman–Crippen MR) is 133 cm³/mol. The number of nitrogens with zero attached hydrogens (tertiary/aromatic N) is 2. The molecule has 39 heavy (non-hydrogen) atoms. The molecular weight excluding hydrogens is 567 g/mol. The van der Waals surface area contributed by atoms with Gasteiger partial charge in [-0.1, -0.05) is 11.6 Å². The van der Waals surface area contributed by atoms with E-state index in [9.17, 15) is 26.4 Å². The molecule has 0 saturated carbocycles. The first kappa shape index (κ1) is 28.1. The number of rotatable bonds is 8. The van der Waals surface area contributed by atoms with E-state index in [4.69, 9.17) is 25.8 Å². The molecule has 0 radical (unpaired) electrons. The van der Waals surface area contributed by atoms with Crippen molar-refractivity contribution in [3.63, 3.8) is 0 Å². The Hall–Kier alpha value is -3.91. The molecule has 1 N–H and O–H groups in total. The van der Waals surface area contributed by atoms with Crippen LogP contribution in [0.15, 0.2) is 53.6 Å². The van der Waals surface area contributed by atoms with Crippen LogP contribution in [0.5, 0.6) is 23.1 Å². The number of alkyl halides is 3. The van der Waals surface area contributed by atoms with Crippen LogP contribution in [0.25, 0.3) is 0 Å². The molecule has 0 unspecified atom stereocenters. The van der Waals surface area contributed by atoms with Crippen molar-refractivity contribution >= 4 is 33.2 Å². The van der Waals surface area contributed by atoms with E-state index in [2.05, 4.69) is 14.4 Å². The smallest absolute Gasteiger partial charge is 0.497 e. The van der Waals surface area contributed by atoms with Crippen LogP contribution in [-0.2, 0) is 16.6 Å². The largest absolute Gasteiger partial charge is 0.573 e. The minimum Gasteiger partial charge on any atom is -0.497 e. The molecule has 0 aliphatic carbocycles. The molecule has 0 bridgehead atoms. The van der Waals surface area contributed by atoms with Crippen LogP contribution >= 0.6 is 11.6 Å². The molecule has 2 heterocycles. The van der Waals surface area contributed by atoms with Gasteiger partial charge in [0.05, 0.1) is 32.6 Å². The zero-order valence-electron chi connectivity index (χ0n) is 20.4. The van der Waals surface area contributed by atoms with Gasteiger partial charge in [-0.15, -0.1) is 13.2 Å². The summed E-state index contributed by atoms with van der Waals surface area (Å²) < 4.78 is 86.7. The fraction of sp³-hybridized carbons (Fsp3) is 0.250.